The van der Waals surface area contributed by atoms with Crippen LogP contribution in [0.1, 0.15) is 11.8 Å². The summed E-state index contributed by atoms with van der Waals surface area (Å²) in [4.78, 5) is 17.8. The number of piperazine rings is 1. The Balaban J connectivity index is 1.53. The summed E-state index contributed by atoms with van der Waals surface area (Å²) in [7, 11) is 0. The quantitative estimate of drug-likeness (QED) is 0.748. The summed E-state index contributed by atoms with van der Waals surface area (Å²) in [5.74, 6) is -4.74. The molecule has 4 nitrogen and oxygen atoms in total. The molecule has 27 heavy (non-hydrogen) atoms. The molecule has 9 heteroatoms. The average Bonchev–Trinajstić information content (AvgIpc) is 3.07. The Labute approximate surface area is 164 Å². The van der Waals surface area contributed by atoms with Crippen LogP contribution in [0.3, 0.4) is 0 Å². The third-order valence-electron chi connectivity index (χ3n) is 4.64. The Morgan fingerprint density at radius 1 is 1.15 bits per heavy atom. The van der Waals surface area contributed by atoms with Crippen LogP contribution in [0.2, 0.25) is 4.34 Å². The number of anilines is 1. The average molecular weight is 418 g/mol. The minimum absolute atomic E-state index is 0.362. The maximum absolute atomic E-state index is 13.7. The van der Waals surface area contributed by atoms with Crippen molar-refractivity contribution < 1.29 is 18.0 Å². The molecule has 1 N–H and O–H groups in total. The molecule has 1 saturated heterocycles. The number of carbonyl (C=O) groups excluding carboxylic acids is 1. The molecule has 0 aliphatic carbocycles. The zero-order valence-corrected chi connectivity index (χ0v) is 16.2. The monoisotopic (exact) mass is 417 g/mol. The number of benzene rings is 1. The Hall–Kier alpha value is -1.61. The van der Waals surface area contributed by atoms with Gasteiger partial charge < -0.3 is 5.32 Å². The minimum atomic E-state index is -1.59. The van der Waals surface area contributed by atoms with Crippen molar-refractivity contribution >= 4 is 34.5 Å². The molecule has 1 aliphatic rings. The molecule has 2 heterocycles. The second kappa shape index (κ2) is 8.60. The van der Waals surface area contributed by atoms with Crippen molar-refractivity contribution in [3.8, 4) is 0 Å². The molecule has 1 fully saturated rings. The summed E-state index contributed by atoms with van der Waals surface area (Å²) in [6.07, 6.45) is 0. The van der Waals surface area contributed by atoms with Gasteiger partial charge in [0.05, 0.1) is 16.1 Å². The third kappa shape index (κ3) is 4.82. The van der Waals surface area contributed by atoms with E-state index in [1.807, 2.05) is 17.0 Å². The lowest BCUT2D eigenvalue weighted by Gasteiger charge is -2.37. The number of carbonyl (C=O) groups is 1. The fourth-order valence-electron chi connectivity index (χ4n) is 2.99. The van der Waals surface area contributed by atoms with Crippen molar-refractivity contribution in [2.24, 2.45) is 0 Å². The minimum Gasteiger partial charge on any atom is -0.322 e. The zero-order valence-electron chi connectivity index (χ0n) is 14.6. The van der Waals surface area contributed by atoms with Gasteiger partial charge in [-0.3, -0.25) is 14.6 Å². The van der Waals surface area contributed by atoms with Crippen molar-refractivity contribution in [3.63, 3.8) is 0 Å². The number of hydrogen-bond acceptors (Lipinski definition) is 4. The molecule has 0 radical (unpaired) electrons. The van der Waals surface area contributed by atoms with Crippen LogP contribution >= 0.6 is 22.9 Å². The Morgan fingerprint density at radius 3 is 2.48 bits per heavy atom. The van der Waals surface area contributed by atoms with Crippen LogP contribution in [-0.2, 0) is 11.3 Å². The van der Waals surface area contributed by atoms with Crippen molar-refractivity contribution in [1.29, 1.82) is 0 Å². The summed E-state index contributed by atoms with van der Waals surface area (Å²) >= 11 is 7.50. The molecule has 0 saturated carbocycles. The van der Waals surface area contributed by atoms with E-state index in [1.54, 1.807) is 18.3 Å². The molecule has 2 aromatic rings. The first-order valence-electron chi connectivity index (χ1n) is 8.50. The lowest BCUT2D eigenvalue weighted by Crippen LogP contribution is -2.52. The molecule has 146 valence electrons. The molecular weight excluding hydrogens is 399 g/mol. The number of thiophene rings is 1. The van der Waals surface area contributed by atoms with Crippen LogP contribution in [0.5, 0.6) is 0 Å². The lowest BCUT2D eigenvalue weighted by atomic mass is 10.2. The van der Waals surface area contributed by atoms with Gasteiger partial charge >= 0.3 is 0 Å². The van der Waals surface area contributed by atoms with Crippen molar-refractivity contribution in [3.05, 3.63) is 50.9 Å². The van der Waals surface area contributed by atoms with Gasteiger partial charge in [-0.1, -0.05) is 11.6 Å². The smallest absolute Gasteiger partial charge is 0.241 e. The standard InChI is InChI=1S/C18H19ClF3N3OS/c1-11(18(26)23-14-4-3-13(20)16(21)17(14)22)25-8-6-24(7-9-25)10-12-2-5-15(19)27-12/h2-5,11H,6-10H2,1H3,(H,23,26)/t11-/m0/s1. The number of halogens is 4. The molecule has 0 unspecified atom stereocenters. The second-order valence-electron chi connectivity index (χ2n) is 6.41. The van der Waals surface area contributed by atoms with Gasteiger partial charge in [0.1, 0.15) is 0 Å². The highest BCUT2D eigenvalue weighted by Crippen LogP contribution is 2.24. The maximum Gasteiger partial charge on any atom is 0.241 e. The summed E-state index contributed by atoms with van der Waals surface area (Å²) in [6, 6.07) is 5.17. The normalized spacial score (nSPS) is 17.1. The summed E-state index contributed by atoms with van der Waals surface area (Å²) in [6.45, 7) is 5.44. The van der Waals surface area contributed by atoms with E-state index < -0.39 is 29.4 Å². The van der Waals surface area contributed by atoms with E-state index in [2.05, 4.69) is 10.2 Å². The predicted octanol–water partition coefficient (Wildman–Crippen LogP) is 3.96. The molecule has 1 aliphatic heterocycles. The predicted molar refractivity (Wildman–Crippen MR) is 101 cm³/mol. The van der Waals surface area contributed by atoms with Crippen LogP contribution in [0.4, 0.5) is 18.9 Å². The van der Waals surface area contributed by atoms with E-state index in [1.165, 1.54) is 4.88 Å². The van der Waals surface area contributed by atoms with Crippen LogP contribution < -0.4 is 5.32 Å². The molecule has 1 aromatic carbocycles. The first-order valence-corrected chi connectivity index (χ1v) is 9.69. The first kappa shape index (κ1) is 20.1. The largest absolute Gasteiger partial charge is 0.322 e. The highest BCUT2D eigenvalue weighted by Gasteiger charge is 2.27. The van der Waals surface area contributed by atoms with E-state index in [4.69, 9.17) is 11.6 Å². The highest BCUT2D eigenvalue weighted by atomic mass is 35.5. The topological polar surface area (TPSA) is 35.6 Å². The molecule has 1 aromatic heterocycles. The Bertz CT molecular complexity index is 824. The van der Waals surface area contributed by atoms with Gasteiger partial charge in [0.25, 0.3) is 0 Å². The molecule has 3 rings (SSSR count). The molecule has 0 spiro atoms. The summed E-state index contributed by atoms with van der Waals surface area (Å²) < 4.78 is 40.8. The van der Waals surface area contributed by atoms with Crippen LogP contribution in [0.15, 0.2) is 24.3 Å². The van der Waals surface area contributed by atoms with Crippen LogP contribution in [-0.4, -0.2) is 47.9 Å². The van der Waals surface area contributed by atoms with E-state index in [9.17, 15) is 18.0 Å². The first-order chi connectivity index (χ1) is 12.8. The Kier molecular flexibility index (Phi) is 6.41. The number of nitrogens with zero attached hydrogens (tertiary/aromatic N) is 2. The highest BCUT2D eigenvalue weighted by molar-refractivity contribution is 7.16. The lowest BCUT2D eigenvalue weighted by molar-refractivity contribution is -0.121. The molecule has 0 bridgehead atoms. The second-order valence-corrected chi connectivity index (χ2v) is 8.21. The number of rotatable bonds is 5. The molecule has 1 atom stereocenters. The maximum atomic E-state index is 13.7. The van der Waals surface area contributed by atoms with Crippen molar-refractivity contribution in [1.82, 2.24) is 9.80 Å². The number of amides is 1. The van der Waals surface area contributed by atoms with Crippen LogP contribution in [0, 0.1) is 17.5 Å². The van der Waals surface area contributed by atoms with E-state index in [0.29, 0.717) is 13.1 Å². The molecular formula is C18H19ClF3N3OS. The zero-order chi connectivity index (χ0) is 19.6. The van der Waals surface area contributed by atoms with Crippen LogP contribution in [0.25, 0.3) is 0 Å². The molecule has 1 amide bonds. The Morgan fingerprint density at radius 2 is 1.85 bits per heavy atom. The van der Waals surface area contributed by atoms with E-state index >= 15 is 0 Å². The van der Waals surface area contributed by atoms with Gasteiger partial charge in [-0.05, 0) is 31.2 Å². The van der Waals surface area contributed by atoms with Crippen molar-refractivity contribution in [2.75, 3.05) is 31.5 Å². The fraction of sp³-hybridized carbons (Fsp3) is 0.389. The SMILES string of the molecule is C[C@@H](C(=O)Nc1ccc(F)c(F)c1F)N1CCN(Cc2ccc(Cl)s2)CC1. The van der Waals surface area contributed by atoms with Gasteiger partial charge in [0.2, 0.25) is 5.91 Å². The van der Waals surface area contributed by atoms with E-state index in [0.717, 1.165) is 36.1 Å². The van der Waals surface area contributed by atoms with Gasteiger partial charge in [-0.15, -0.1) is 11.3 Å². The summed E-state index contributed by atoms with van der Waals surface area (Å²) in [5, 5.41) is 2.34. The van der Waals surface area contributed by atoms with Gasteiger partial charge in [0.15, 0.2) is 17.5 Å². The van der Waals surface area contributed by atoms with E-state index in [-0.39, 0.29) is 5.69 Å². The summed E-state index contributed by atoms with van der Waals surface area (Å²) in [5.41, 5.74) is -0.362. The fourth-order valence-corrected chi connectivity index (χ4v) is 4.12. The van der Waals surface area contributed by atoms with Gasteiger partial charge in [-0.25, -0.2) is 13.2 Å². The van der Waals surface area contributed by atoms with Gasteiger partial charge in [-0.2, -0.15) is 0 Å². The number of nitrogens with one attached hydrogen (secondary N) is 1. The third-order valence-corrected chi connectivity index (χ3v) is 5.85. The van der Waals surface area contributed by atoms with Gasteiger partial charge in [0, 0.05) is 37.6 Å². The van der Waals surface area contributed by atoms with Crippen molar-refractivity contribution in [2.45, 2.75) is 19.5 Å². The number of hydrogen-bond donors (Lipinski definition) is 1.